The molecule has 0 bridgehead atoms. The number of hydrogen-bond donors (Lipinski definition) is 1. The molecule has 1 saturated heterocycles. The highest BCUT2D eigenvalue weighted by atomic mass is 16.7. The highest BCUT2D eigenvalue weighted by molar-refractivity contribution is 6.62. The molecule has 1 N–H and O–H groups in total. The first-order valence-electron chi connectivity index (χ1n) is 7.86. The molecular weight excluding hydrogens is 261 g/mol. The number of benzene rings is 1. The van der Waals surface area contributed by atoms with Crippen LogP contribution in [-0.4, -0.2) is 24.9 Å². The topological polar surface area (TPSA) is 30.5 Å². The fraction of sp³-hybridized carbons (Fsp3) is 0.647. The quantitative estimate of drug-likeness (QED) is 0.845. The van der Waals surface area contributed by atoms with E-state index >= 15 is 0 Å². The average molecular weight is 289 g/mol. The molecule has 21 heavy (non-hydrogen) atoms. The van der Waals surface area contributed by atoms with Gasteiger partial charge in [0.1, 0.15) is 0 Å². The minimum Gasteiger partial charge on any atom is -0.399 e. The molecule has 0 aliphatic carbocycles. The first-order chi connectivity index (χ1) is 9.71. The summed E-state index contributed by atoms with van der Waals surface area (Å²) in [6, 6.07) is 8.50. The van der Waals surface area contributed by atoms with Crippen molar-refractivity contribution in [2.75, 3.05) is 6.54 Å². The van der Waals surface area contributed by atoms with Crippen LogP contribution in [0.2, 0.25) is 0 Å². The summed E-state index contributed by atoms with van der Waals surface area (Å²) >= 11 is 0. The molecule has 2 rings (SSSR count). The highest BCUT2D eigenvalue weighted by Gasteiger charge is 2.51. The van der Waals surface area contributed by atoms with Gasteiger partial charge in [-0.25, -0.2) is 0 Å². The van der Waals surface area contributed by atoms with Crippen molar-refractivity contribution in [3.05, 3.63) is 29.8 Å². The summed E-state index contributed by atoms with van der Waals surface area (Å²) in [5, 5.41) is 3.45. The molecule has 1 fully saturated rings. The van der Waals surface area contributed by atoms with Crippen molar-refractivity contribution < 1.29 is 9.31 Å². The summed E-state index contributed by atoms with van der Waals surface area (Å²) in [4.78, 5) is 0. The third kappa shape index (κ3) is 3.88. The van der Waals surface area contributed by atoms with Crippen LogP contribution in [0.1, 0.15) is 47.1 Å². The molecule has 116 valence electrons. The Kier molecular flexibility index (Phi) is 4.81. The van der Waals surface area contributed by atoms with Crippen molar-refractivity contribution in [2.24, 2.45) is 5.92 Å². The maximum Gasteiger partial charge on any atom is 0.494 e. The van der Waals surface area contributed by atoms with E-state index in [2.05, 4.69) is 71.1 Å². The van der Waals surface area contributed by atoms with Crippen LogP contribution in [0.25, 0.3) is 0 Å². The van der Waals surface area contributed by atoms with E-state index in [0.29, 0.717) is 5.92 Å². The molecule has 1 aliphatic heterocycles. The Morgan fingerprint density at radius 1 is 1.00 bits per heavy atom. The van der Waals surface area contributed by atoms with Crippen molar-refractivity contribution in [1.29, 1.82) is 0 Å². The highest BCUT2D eigenvalue weighted by Crippen LogP contribution is 2.36. The van der Waals surface area contributed by atoms with Gasteiger partial charge in [-0.3, -0.25) is 0 Å². The molecule has 3 nitrogen and oxygen atoms in total. The summed E-state index contributed by atoms with van der Waals surface area (Å²) in [6.45, 7) is 14.7. The molecule has 1 aromatic rings. The van der Waals surface area contributed by atoms with Gasteiger partial charge in [-0.05, 0) is 51.2 Å². The summed E-state index contributed by atoms with van der Waals surface area (Å²) in [5.74, 6) is 0.675. The van der Waals surface area contributed by atoms with E-state index in [1.165, 1.54) is 5.56 Å². The van der Waals surface area contributed by atoms with Crippen LogP contribution in [0.3, 0.4) is 0 Å². The van der Waals surface area contributed by atoms with Crippen LogP contribution in [0.4, 0.5) is 0 Å². The zero-order valence-corrected chi connectivity index (χ0v) is 14.2. The van der Waals surface area contributed by atoms with Gasteiger partial charge in [0, 0.05) is 6.54 Å². The number of rotatable bonds is 5. The lowest BCUT2D eigenvalue weighted by Gasteiger charge is -2.32. The van der Waals surface area contributed by atoms with Gasteiger partial charge in [0.25, 0.3) is 0 Å². The summed E-state index contributed by atoms with van der Waals surface area (Å²) in [7, 11) is -0.271. The molecule has 0 spiro atoms. The van der Waals surface area contributed by atoms with Crippen LogP contribution in [0.15, 0.2) is 24.3 Å². The van der Waals surface area contributed by atoms with Crippen molar-refractivity contribution in [2.45, 2.75) is 59.3 Å². The van der Waals surface area contributed by atoms with E-state index in [9.17, 15) is 0 Å². The molecular formula is C17H28BNO2. The van der Waals surface area contributed by atoms with E-state index in [4.69, 9.17) is 9.31 Å². The molecule has 0 aromatic heterocycles. The molecule has 0 unspecified atom stereocenters. The minimum atomic E-state index is -0.283. The third-order valence-electron chi connectivity index (χ3n) is 4.39. The van der Waals surface area contributed by atoms with Gasteiger partial charge in [-0.2, -0.15) is 0 Å². The molecule has 1 heterocycles. The lowest BCUT2D eigenvalue weighted by molar-refractivity contribution is 0.00578. The van der Waals surface area contributed by atoms with E-state index < -0.39 is 0 Å². The zero-order valence-electron chi connectivity index (χ0n) is 14.2. The summed E-state index contributed by atoms with van der Waals surface area (Å²) in [5.41, 5.74) is 1.81. The fourth-order valence-corrected chi connectivity index (χ4v) is 2.28. The predicted octanol–water partition coefficient (Wildman–Crippen LogP) is 2.73. The Labute approximate surface area is 129 Å². The van der Waals surface area contributed by atoms with Crippen molar-refractivity contribution in [3.63, 3.8) is 0 Å². The molecule has 1 aromatic carbocycles. The lowest BCUT2D eigenvalue weighted by atomic mass is 9.79. The Hall–Kier alpha value is -0.835. The van der Waals surface area contributed by atoms with E-state index in [0.717, 1.165) is 18.6 Å². The fourth-order valence-electron chi connectivity index (χ4n) is 2.28. The second-order valence-electron chi connectivity index (χ2n) is 7.35. The molecule has 1 aliphatic rings. The third-order valence-corrected chi connectivity index (χ3v) is 4.39. The van der Waals surface area contributed by atoms with Gasteiger partial charge < -0.3 is 14.6 Å². The van der Waals surface area contributed by atoms with Gasteiger partial charge in [-0.1, -0.05) is 38.1 Å². The Bertz CT molecular complexity index is 452. The lowest BCUT2D eigenvalue weighted by Crippen LogP contribution is -2.41. The Morgan fingerprint density at radius 2 is 1.52 bits per heavy atom. The second kappa shape index (κ2) is 6.11. The number of hydrogen-bond acceptors (Lipinski definition) is 3. The van der Waals surface area contributed by atoms with Gasteiger partial charge in [0.15, 0.2) is 0 Å². The summed E-state index contributed by atoms with van der Waals surface area (Å²) in [6.07, 6.45) is 0. The smallest absolute Gasteiger partial charge is 0.399 e. The van der Waals surface area contributed by atoms with Gasteiger partial charge in [-0.15, -0.1) is 0 Å². The average Bonchev–Trinajstić information content (AvgIpc) is 2.59. The molecule has 0 atom stereocenters. The van der Waals surface area contributed by atoms with Crippen LogP contribution in [-0.2, 0) is 15.9 Å². The standard InChI is InChI=1S/C17H28BNO2/c1-13(2)11-19-12-14-7-9-15(10-8-14)18-20-16(3,4)17(5,6)21-18/h7-10,13,19H,11-12H2,1-6H3. The van der Waals surface area contributed by atoms with Crippen LogP contribution < -0.4 is 10.8 Å². The van der Waals surface area contributed by atoms with E-state index in [-0.39, 0.29) is 18.3 Å². The first kappa shape index (κ1) is 16.5. The van der Waals surface area contributed by atoms with Crippen molar-refractivity contribution >= 4 is 12.6 Å². The molecule has 0 amide bonds. The molecule has 0 saturated carbocycles. The monoisotopic (exact) mass is 289 g/mol. The molecule has 4 heteroatoms. The van der Waals surface area contributed by atoms with Crippen LogP contribution in [0.5, 0.6) is 0 Å². The normalized spacial score (nSPS) is 20.2. The number of nitrogens with one attached hydrogen (secondary N) is 1. The van der Waals surface area contributed by atoms with Gasteiger partial charge in [0.05, 0.1) is 11.2 Å². The SMILES string of the molecule is CC(C)CNCc1ccc(B2OC(C)(C)C(C)(C)O2)cc1. The molecule has 0 radical (unpaired) electrons. The van der Waals surface area contributed by atoms with Gasteiger partial charge in [0.2, 0.25) is 0 Å². The van der Waals surface area contributed by atoms with Crippen molar-refractivity contribution in [3.8, 4) is 0 Å². The largest absolute Gasteiger partial charge is 0.494 e. The zero-order chi connectivity index (χ0) is 15.7. The van der Waals surface area contributed by atoms with Gasteiger partial charge >= 0.3 is 7.12 Å². The maximum atomic E-state index is 6.06. The maximum absolute atomic E-state index is 6.06. The van der Waals surface area contributed by atoms with E-state index in [1.54, 1.807) is 0 Å². The van der Waals surface area contributed by atoms with Crippen LogP contribution >= 0.6 is 0 Å². The van der Waals surface area contributed by atoms with Crippen molar-refractivity contribution in [1.82, 2.24) is 5.32 Å². The first-order valence-corrected chi connectivity index (χ1v) is 7.86. The second-order valence-corrected chi connectivity index (χ2v) is 7.35. The Balaban J connectivity index is 1.97. The summed E-state index contributed by atoms with van der Waals surface area (Å²) < 4.78 is 12.1. The van der Waals surface area contributed by atoms with E-state index in [1.807, 2.05) is 0 Å². The predicted molar refractivity (Wildman–Crippen MR) is 88.7 cm³/mol. The van der Waals surface area contributed by atoms with Crippen LogP contribution in [0, 0.1) is 5.92 Å². The minimum absolute atomic E-state index is 0.271. The Morgan fingerprint density at radius 3 is 2.00 bits per heavy atom.